The first-order chi connectivity index (χ1) is 12.2. The predicted molar refractivity (Wildman–Crippen MR) is 120 cm³/mol. The lowest BCUT2D eigenvalue weighted by Gasteiger charge is -2.14. The number of aliphatic imine (C=N–C) groups is 1. The third kappa shape index (κ3) is 6.99. The molecule has 144 valence electrons. The maximum atomic E-state index is 5.60. The smallest absolute Gasteiger partial charge is 0.195 e. The molecule has 1 aromatic heterocycles. The van der Waals surface area contributed by atoms with Crippen LogP contribution in [0.2, 0.25) is 0 Å². The molecule has 2 N–H and O–H groups in total. The van der Waals surface area contributed by atoms with E-state index in [4.69, 9.17) is 9.47 Å². The van der Waals surface area contributed by atoms with Crippen LogP contribution in [0.25, 0.3) is 0 Å². The van der Waals surface area contributed by atoms with Gasteiger partial charge in [-0.2, -0.15) is 0 Å². The van der Waals surface area contributed by atoms with Gasteiger partial charge in [-0.05, 0) is 32.4 Å². The van der Waals surface area contributed by atoms with Gasteiger partial charge in [0.15, 0.2) is 17.5 Å². The van der Waals surface area contributed by atoms with Gasteiger partial charge in [0.2, 0.25) is 0 Å². The number of hydrogen-bond acceptors (Lipinski definition) is 5. The molecule has 0 radical (unpaired) electrons. The highest BCUT2D eigenvalue weighted by Gasteiger charge is 2.07. The van der Waals surface area contributed by atoms with Gasteiger partial charge in [0, 0.05) is 42.8 Å². The molecule has 2 rings (SSSR count). The Kier molecular flexibility index (Phi) is 10.3. The van der Waals surface area contributed by atoms with Crippen molar-refractivity contribution in [3.63, 3.8) is 0 Å². The fraction of sp³-hybridized carbons (Fsp3) is 0.444. The van der Waals surface area contributed by atoms with Gasteiger partial charge in [-0.15, -0.1) is 35.3 Å². The van der Waals surface area contributed by atoms with Crippen LogP contribution in [0.4, 0.5) is 5.69 Å². The zero-order valence-corrected chi connectivity index (χ0v) is 18.8. The molecule has 1 heterocycles. The highest BCUT2D eigenvalue weighted by atomic mass is 127. The van der Waals surface area contributed by atoms with Crippen molar-refractivity contribution in [2.75, 3.05) is 32.6 Å². The predicted octanol–water partition coefficient (Wildman–Crippen LogP) is 4.10. The first-order valence-electron chi connectivity index (χ1n) is 8.35. The maximum Gasteiger partial charge on any atom is 0.195 e. The fourth-order valence-corrected chi connectivity index (χ4v) is 3.12. The quantitative estimate of drug-likeness (QED) is 0.253. The number of ether oxygens (including phenoxy) is 2. The zero-order chi connectivity index (χ0) is 18.1. The summed E-state index contributed by atoms with van der Waals surface area (Å²) in [5.74, 6) is 2.15. The van der Waals surface area contributed by atoms with Gasteiger partial charge in [-0.25, -0.2) is 4.98 Å². The third-order valence-corrected chi connectivity index (χ3v) is 4.50. The van der Waals surface area contributed by atoms with Gasteiger partial charge >= 0.3 is 0 Å². The van der Waals surface area contributed by atoms with Crippen molar-refractivity contribution >= 4 is 47.0 Å². The van der Waals surface area contributed by atoms with Gasteiger partial charge < -0.3 is 20.1 Å². The van der Waals surface area contributed by atoms with E-state index in [0.717, 1.165) is 36.7 Å². The molecule has 6 nitrogen and oxygen atoms in total. The minimum Gasteiger partial charge on any atom is -0.493 e. The molecule has 0 amide bonds. The van der Waals surface area contributed by atoms with E-state index in [1.165, 1.54) is 5.01 Å². The molecule has 0 saturated carbocycles. The Morgan fingerprint density at radius 1 is 1.31 bits per heavy atom. The summed E-state index contributed by atoms with van der Waals surface area (Å²) in [5.41, 5.74) is 1.99. The molecule has 0 spiro atoms. The average Bonchev–Trinajstić information content (AvgIpc) is 3.03. The Labute approximate surface area is 176 Å². The Morgan fingerprint density at radius 3 is 2.73 bits per heavy atom. The van der Waals surface area contributed by atoms with E-state index in [0.29, 0.717) is 18.1 Å². The van der Waals surface area contributed by atoms with Crippen LogP contribution in [0.5, 0.6) is 11.5 Å². The van der Waals surface area contributed by atoms with Gasteiger partial charge in [0.1, 0.15) is 0 Å². The number of guanidine groups is 1. The molecule has 8 heteroatoms. The third-order valence-electron chi connectivity index (χ3n) is 3.48. The van der Waals surface area contributed by atoms with E-state index < -0.39 is 0 Å². The van der Waals surface area contributed by atoms with Crippen LogP contribution in [-0.2, 0) is 6.42 Å². The SMILES string of the molecule is CCOc1cc(NC(=NC)NCCCc2nc(C)cs2)ccc1OC.I. The molecule has 0 aliphatic rings. The van der Waals surface area contributed by atoms with Crippen LogP contribution in [0, 0.1) is 6.92 Å². The lowest BCUT2D eigenvalue weighted by Crippen LogP contribution is -2.31. The second-order valence-electron chi connectivity index (χ2n) is 5.41. The Hall–Kier alpha value is -1.55. The molecule has 26 heavy (non-hydrogen) atoms. The molecule has 0 aliphatic carbocycles. The summed E-state index contributed by atoms with van der Waals surface area (Å²) >= 11 is 1.72. The van der Waals surface area contributed by atoms with Gasteiger partial charge in [-0.1, -0.05) is 0 Å². The monoisotopic (exact) mass is 490 g/mol. The van der Waals surface area contributed by atoms with Crippen LogP contribution >= 0.6 is 35.3 Å². The standard InChI is InChI=1S/C18H26N4O2S.HI/c1-5-24-16-11-14(8-9-15(16)23-4)22-18(19-3)20-10-6-7-17-21-13(2)12-25-17;/h8-9,11-12H,5-7,10H2,1-4H3,(H2,19,20,22);1H. The highest BCUT2D eigenvalue weighted by molar-refractivity contribution is 14.0. The van der Waals surface area contributed by atoms with Crippen LogP contribution in [-0.4, -0.2) is 38.3 Å². The number of methoxy groups -OCH3 is 1. The molecular weight excluding hydrogens is 463 g/mol. The number of nitrogens with zero attached hydrogens (tertiary/aromatic N) is 2. The molecular formula is C18H27IN4O2S. The molecule has 2 aromatic rings. The molecule has 0 bridgehead atoms. The second-order valence-corrected chi connectivity index (χ2v) is 6.35. The van der Waals surface area contributed by atoms with Gasteiger partial charge in [0.25, 0.3) is 0 Å². The molecule has 0 fully saturated rings. The second kappa shape index (κ2) is 11.9. The van der Waals surface area contributed by atoms with Gasteiger partial charge in [-0.3, -0.25) is 4.99 Å². The Bertz CT molecular complexity index is 706. The van der Waals surface area contributed by atoms with Crippen LogP contribution in [0.3, 0.4) is 0 Å². The van der Waals surface area contributed by atoms with Crippen LogP contribution in [0.15, 0.2) is 28.6 Å². The number of halogens is 1. The van der Waals surface area contributed by atoms with Crippen LogP contribution in [0.1, 0.15) is 24.0 Å². The number of benzene rings is 1. The maximum absolute atomic E-state index is 5.60. The van der Waals surface area contributed by atoms with Gasteiger partial charge in [0.05, 0.1) is 18.7 Å². The van der Waals surface area contributed by atoms with E-state index in [2.05, 4.69) is 26.0 Å². The summed E-state index contributed by atoms with van der Waals surface area (Å²) in [6.07, 6.45) is 1.97. The van der Waals surface area contributed by atoms with Crippen molar-refractivity contribution in [1.29, 1.82) is 0 Å². The summed E-state index contributed by atoms with van der Waals surface area (Å²) in [7, 11) is 3.39. The molecule has 0 unspecified atom stereocenters. The average molecular weight is 490 g/mol. The summed E-state index contributed by atoms with van der Waals surface area (Å²) in [4.78, 5) is 8.74. The number of rotatable bonds is 8. The number of thiazole rings is 1. The van der Waals surface area contributed by atoms with E-state index in [1.807, 2.05) is 32.0 Å². The van der Waals surface area contributed by atoms with Crippen molar-refractivity contribution in [3.05, 3.63) is 34.3 Å². The topological polar surface area (TPSA) is 67.8 Å². The van der Waals surface area contributed by atoms with E-state index in [-0.39, 0.29) is 24.0 Å². The fourth-order valence-electron chi connectivity index (χ4n) is 2.30. The van der Waals surface area contributed by atoms with Crippen LogP contribution < -0.4 is 20.1 Å². The summed E-state index contributed by atoms with van der Waals surface area (Å²) in [6.45, 7) is 5.38. The lowest BCUT2D eigenvalue weighted by molar-refractivity contribution is 0.311. The number of aryl methyl sites for hydroxylation is 2. The van der Waals surface area contributed by atoms with Crippen molar-refractivity contribution in [1.82, 2.24) is 10.3 Å². The van der Waals surface area contributed by atoms with Crippen molar-refractivity contribution < 1.29 is 9.47 Å². The molecule has 0 aliphatic heterocycles. The molecule has 0 atom stereocenters. The van der Waals surface area contributed by atoms with Crippen molar-refractivity contribution in [3.8, 4) is 11.5 Å². The molecule has 1 aromatic carbocycles. The highest BCUT2D eigenvalue weighted by Crippen LogP contribution is 2.30. The summed E-state index contributed by atoms with van der Waals surface area (Å²) in [6, 6.07) is 5.73. The lowest BCUT2D eigenvalue weighted by atomic mass is 10.2. The van der Waals surface area contributed by atoms with E-state index >= 15 is 0 Å². The Morgan fingerprint density at radius 2 is 2.12 bits per heavy atom. The number of anilines is 1. The van der Waals surface area contributed by atoms with Crippen molar-refractivity contribution in [2.45, 2.75) is 26.7 Å². The normalized spacial score (nSPS) is 10.8. The number of nitrogens with one attached hydrogen (secondary N) is 2. The number of aromatic nitrogens is 1. The molecule has 0 saturated heterocycles. The largest absolute Gasteiger partial charge is 0.493 e. The minimum absolute atomic E-state index is 0. The van der Waals surface area contributed by atoms with E-state index in [9.17, 15) is 0 Å². The first kappa shape index (κ1) is 22.5. The van der Waals surface area contributed by atoms with Crippen molar-refractivity contribution in [2.24, 2.45) is 4.99 Å². The first-order valence-corrected chi connectivity index (χ1v) is 9.23. The number of hydrogen-bond donors (Lipinski definition) is 2. The summed E-state index contributed by atoms with van der Waals surface area (Å²) < 4.78 is 10.9. The van der Waals surface area contributed by atoms with E-state index in [1.54, 1.807) is 25.5 Å². The zero-order valence-electron chi connectivity index (χ0n) is 15.7. The Balaban J connectivity index is 0.00000338. The minimum atomic E-state index is 0. The summed E-state index contributed by atoms with van der Waals surface area (Å²) in [5, 5.41) is 9.86.